The third-order valence-electron chi connectivity index (χ3n) is 3.16. The van der Waals surface area contributed by atoms with E-state index in [2.05, 4.69) is 10.0 Å². The summed E-state index contributed by atoms with van der Waals surface area (Å²) >= 11 is 0. The molecule has 1 fully saturated rings. The third kappa shape index (κ3) is 2.95. The molecule has 1 aromatic heterocycles. The van der Waals surface area contributed by atoms with Crippen molar-refractivity contribution in [3.8, 4) is 0 Å². The van der Waals surface area contributed by atoms with Crippen LogP contribution in [0.3, 0.4) is 0 Å². The van der Waals surface area contributed by atoms with Crippen LogP contribution in [0.5, 0.6) is 0 Å². The lowest BCUT2D eigenvalue weighted by Gasteiger charge is -2.37. The Morgan fingerprint density at radius 2 is 2.33 bits per heavy atom. The van der Waals surface area contributed by atoms with Crippen molar-refractivity contribution < 1.29 is 19.3 Å². The van der Waals surface area contributed by atoms with Crippen LogP contribution in [0.2, 0.25) is 0 Å². The fourth-order valence-corrected chi connectivity index (χ4v) is 2.12. The quantitative estimate of drug-likeness (QED) is 0.371. The lowest BCUT2D eigenvalue weighted by molar-refractivity contribution is -0.168. The highest BCUT2D eigenvalue weighted by atomic mass is 19.1. The standard InChI is InChI=1S/C10H12FN5O5/c11-4-2-16(10(20)13-9(4)19)7-1-5(14-15-12)8(18)6(3-17)21-7/h2,5-8,17-18H,1,3H2,(H,13,19,20)/t5-,6-,7-,8+/m1/s1. The molecule has 0 aliphatic carbocycles. The summed E-state index contributed by atoms with van der Waals surface area (Å²) in [6, 6.07) is -0.965. The molecule has 1 aliphatic rings. The summed E-state index contributed by atoms with van der Waals surface area (Å²) < 4.78 is 19.3. The number of aromatic amines is 1. The van der Waals surface area contributed by atoms with Crippen molar-refractivity contribution in [2.24, 2.45) is 5.11 Å². The zero-order chi connectivity index (χ0) is 15.6. The highest BCUT2D eigenvalue weighted by Crippen LogP contribution is 2.28. The minimum atomic E-state index is -1.26. The minimum Gasteiger partial charge on any atom is -0.394 e. The van der Waals surface area contributed by atoms with E-state index in [1.165, 1.54) is 0 Å². The molecule has 1 aliphatic heterocycles. The van der Waals surface area contributed by atoms with E-state index in [1.807, 2.05) is 0 Å². The maximum absolute atomic E-state index is 13.3. The van der Waals surface area contributed by atoms with Crippen molar-refractivity contribution in [1.29, 1.82) is 0 Å². The van der Waals surface area contributed by atoms with E-state index in [1.54, 1.807) is 4.98 Å². The van der Waals surface area contributed by atoms with Gasteiger partial charge in [0.25, 0.3) is 5.56 Å². The van der Waals surface area contributed by atoms with E-state index in [-0.39, 0.29) is 6.42 Å². The van der Waals surface area contributed by atoms with Crippen molar-refractivity contribution in [2.75, 3.05) is 6.61 Å². The second kappa shape index (κ2) is 6.06. The Morgan fingerprint density at radius 3 is 2.95 bits per heavy atom. The Bertz CT molecular complexity index is 681. The molecule has 21 heavy (non-hydrogen) atoms. The number of ether oxygens (including phenoxy) is 1. The number of rotatable bonds is 3. The zero-order valence-corrected chi connectivity index (χ0v) is 10.6. The number of hydrogen-bond acceptors (Lipinski definition) is 6. The van der Waals surface area contributed by atoms with Gasteiger partial charge in [0.15, 0.2) is 0 Å². The fraction of sp³-hybridized carbons (Fsp3) is 0.600. The van der Waals surface area contributed by atoms with Crippen LogP contribution in [-0.2, 0) is 4.74 Å². The van der Waals surface area contributed by atoms with E-state index >= 15 is 0 Å². The third-order valence-corrected chi connectivity index (χ3v) is 3.16. The number of aliphatic hydroxyl groups is 2. The first kappa shape index (κ1) is 15.2. The fourth-order valence-electron chi connectivity index (χ4n) is 2.12. The molecule has 11 heteroatoms. The van der Waals surface area contributed by atoms with Crippen LogP contribution in [0.4, 0.5) is 4.39 Å². The van der Waals surface area contributed by atoms with Gasteiger partial charge in [-0.25, -0.2) is 4.79 Å². The first-order valence-corrected chi connectivity index (χ1v) is 5.97. The van der Waals surface area contributed by atoms with Gasteiger partial charge in [0.05, 0.1) is 24.9 Å². The number of aliphatic hydroxyl groups excluding tert-OH is 2. The minimum absolute atomic E-state index is 0.118. The summed E-state index contributed by atoms with van der Waals surface area (Å²) in [7, 11) is 0. The second-order valence-electron chi connectivity index (χ2n) is 4.45. The van der Waals surface area contributed by atoms with Crippen LogP contribution < -0.4 is 11.2 Å². The molecule has 3 N–H and O–H groups in total. The molecular formula is C10H12FN5O5. The number of H-pyrrole nitrogens is 1. The number of azide groups is 1. The van der Waals surface area contributed by atoms with Crippen molar-refractivity contribution in [1.82, 2.24) is 9.55 Å². The Morgan fingerprint density at radius 1 is 1.62 bits per heavy atom. The molecule has 0 unspecified atom stereocenters. The zero-order valence-electron chi connectivity index (χ0n) is 10.6. The molecule has 4 atom stereocenters. The van der Waals surface area contributed by atoms with Crippen molar-refractivity contribution in [3.63, 3.8) is 0 Å². The van der Waals surface area contributed by atoms with Gasteiger partial charge in [-0.2, -0.15) is 4.39 Å². The molecule has 10 nitrogen and oxygen atoms in total. The Kier molecular flexibility index (Phi) is 4.38. The topological polar surface area (TPSA) is 153 Å². The number of hydrogen-bond donors (Lipinski definition) is 3. The smallest absolute Gasteiger partial charge is 0.330 e. The van der Waals surface area contributed by atoms with Gasteiger partial charge in [-0.05, 0) is 5.53 Å². The first-order chi connectivity index (χ1) is 9.97. The predicted molar refractivity (Wildman–Crippen MR) is 65.8 cm³/mol. The van der Waals surface area contributed by atoms with Gasteiger partial charge >= 0.3 is 5.69 Å². The molecule has 2 rings (SSSR count). The molecule has 0 amide bonds. The Hall–Kier alpha value is -2.20. The summed E-state index contributed by atoms with van der Waals surface area (Å²) in [6.45, 7) is -0.588. The molecule has 0 aromatic carbocycles. The summed E-state index contributed by atoms with van der Waals surface area (Å²) in [5.74, 6) is -1.19. The highest BCUT2D eigenvalue weighted by molar-refractivity contribution is 4.93. The van der Waals surface area contributed by atoms with Crippen molar-refractivity contribution >= 4 is 0 Å². The van der Waals surface area contributed by atoms with E-state index in [4.69, 9.17) is 15.4 Å². The summed E-state index contributed by atoms with van der Waals surface area (Å²) in [6.07, 6.45) is -2.93. The van der Waals surface area contributed by atoms with Gasteiger partial charge in [-0.3, -0.25) is 14.3 Å². The molecule has 0 bridgehead atoms. The lowest BCUT2D eigenvalue weighted by atomic mass is 9.99. The second-order valence-corrected chi connectivity index (χ2v) is 4.45. The molecule has 0 saturated carbocycles. The van der Waals surface area contributed by atoms with Gasteiger partial charge < -0.3 is 14.9 Å². The van der Waals surface area contributed by atoms with Gasteiger partial charge in [0.1, 0.15) is 12.3 Å². The van der Waals surface area contributed by atoms with E-state index < -0.39 is 48.2 Å². The monoisotopic (exact) mass is 301 g/mol. The predicted octanol–water partition coefficient (Wildman–Crippen LogP) is -1.00. The molecule has 0 spiro atoms. The normalized spacial score (nSPS) is 28.9. The molecular weight excluding hydrogens is 289 g/mol. The summed E-state index contributed by atoms with van der Waals surface area (Å²) in [4.78, 5) is 27.0. The van der Waals surface area contributed by atoms with Gasteiger partial charge in [0, 0.05) is 11.3 Å². The van der Waals surface area contributed by atoms with Crippen molar-refractivity contribution in [3.05, 3.63) is 43.3 Å². The Labute approximate surface area is 116 Å². The van der Waals surface area contributed by atoms with Crippen LogP contribution in [0, 0.1) is 5.82 Å². The number of halogens is 1. The van der Waals surface area contributed by atoms with Gasteiger partial charge in [-0.1, -0.05) is 5.11 Å². The van der Waals surface area contributed by atoms with Gasteiger partial charge in [0.2, 0.25) is 5.82 Å². The van der Waals surface area contributed by atoms with E-state index in [0.717, 1.165) is 4.57 Å². The number of nitrogens with one attached hydrogen (secondary N) is 1. The first-order valence-electron chi connectivity index (χ1n) is 5.97. The summed E-state index contributed by atoms with van der Waals surface area (Å²) in [5.41, 5.74) is 6.37. The maximum Gasteiger partial charge on any atom is 0.330 e. The van der Waals surface area contributed by atoms with Crippen LogP contribution in [0.15, 0.2) is 20.9 Å². The Balaban J connectivity index is 2.39. The van der Waals surface area contributed by atoms with Crippen LogP contribution in [0.25, 0.3) is 10.4 Å². The highest BCUT2D eigenvalue weighted by Gasteiger charge is 2.38. The van der Waals surface area contributed by atoms with Crippen LogP contribution >= 0.6 is 0 Å². The molecule has 0 radical (unpaired) electrons. The summed E-state index contributed by atoms with van der Waals surface area (Å²) in [5, 5.41) is 22.3. The number of nitrogens with zero attached hydrogens (tertiary/aromatic N) is 4. The van der Waals surface area contributed by atoms with Crippen LogP contribution in [0.1, 0.15) is 12.6 Å². The number of aromatic nitrogens is 2. The average Bonchev–Trinajstić information content (AvgIpc) is 2.45. The molecule has 114 valence electrons. The molecule has 1 aromatic rings. The van der Waals surface area contributed by atoms with Gasteiger partial charge in [-0.15, -0.1) is 0 Å². The van der Waals surface area contributed by atoms with Crippen LogP contribution in [-0.4, -0.2) is 44.6 Å². The van der Waals surface area contributed by atoms with E-state index in [9.17, 15) is 19.1 Å². The average molecular weight is 301 g/mol. The molecule has 1 saturated heterocycles. The largest absolute Gasteiger partial charge is 0.394 e. The van der Waals surface area contributed by atoms with Crippen molar-refractivity contribution in [2.45, 2.75) is 30.9 Å². The maximum atomic E-state index is 13.3. The SMILES string of the molecule is [N-]=[N+]=N[C@@H]1C[C@H](n2cc(F)c(=O)[nH]c2=O)O[C@H](CO)[C@H]1O. The van der Waals surface area contributed by atoms with E-state index in [0.29, 0.717) is 6.20 Å². The molecule has 2 heterocycles. The lowest BCUT2D eigenvalue weighted by Crippen LogP contribution is -2.49.